The second-order valence-corrected chi connectivity index (χ2v) is 5.23. The third kappa shape index (κ3) is 3.10. The summed E-state index contributed by atoms with van der Waals surface area (Å²) >= 11 is 3.17. The van der Waals surface area contributed by atoms with Crippen LogP contribution in [0.2, 0.25) is 0 Å². The highest BCUT2D eigenvalue weighted by Gasteiger charge is 2.15. The molecule has 0 amide bonds. The van der Waals surface area contributed by atoms with Crippen molar-refractivity contribution in [1.29, 1.82) is 0 Å². The highest BCUT2D eigenvalue weighted by Crippen LogP contribution is 2.17. The van der Waals surface area contributed by atoms with E-state index in [0.29, 0.717) is 11.0 Å². The van der Waals surface area contributed by atoms with Gasteiger partial charge < -0.3 is 0 Å². The predicted octanol–water partition coefficient (Wildman–Crippen LogP) is 3.54. The van der Waals surface area contributed by atoms with E-state index >= 15 is 0 Å². The van der Waals surface area contributed by atoms with Crippen molar-refractivity contribution in [3.63, 3.8) is 0 Å². The molecule has 0 unspecified atom stereocenters. The summed E-state index contributed by atoms with van der Waals surface area (Å²) in [6, 6.07) is 6.33. The molecule has 2 rings (SSSR count). The van der Waals surface area contributed by atoms with Crippen LogP contribution in [0.1, 0.15) is 28.7 Å². The van der Waals surface area contributed by atoms with Gasteiger partial charge in [-0.15, -0.1) is 0 Å². The van der Waals surface area contributed by atoms with Gasteiger partial charge in [0.25, 0.3) is 0 Å². The summed E-state index contributed by atoms with van der Waals surface area (Å²) in [5.74, 6) is -0.738. The fraction of sp³-hybridized carbons (Fsp3) is 0.286. The molecule has 5 heteroatoms. The molecule has 0 aliphatic heterocycles. The van der Waals surface area contributed by atoms with E-state index in [1.165, 1.54) is 12.1 Å². The van der Waals surface area contributed by atoms with Crippen molar-refractivity contribution in [3.05, 3.63) is 51.5 Å². The fourth-order valence-electron chi connectivity index (χ4n) is 1.99. The Morgan fingerprint density at radius 2 is 2.16 bits per heavy atom. The van der Waals surface area contributed by atoms with Crippen LogP contribution in [0.3, 0.4) is 0 Å². The first kappa shape index (κ1) is 13.9. The van der Waals surface area contributed by atoms with Crippen molar-refractivity contribution in [2.45, 2.75) is 26.8 Å². The van der Waals surface area contributed by atoms with Crippen molar-refractivity contribution >= 4 is 21.7 Å². The minimum absolute atomic E-state index is 0.115. The third-order valence-corrected chi connectivity index (χ3v) is 3.35. The quantitative estimate of drug-likeness (QED) is 0.806. The standard InChI is InChI=1S/C14H14BrFN2O/c1-3-18-11(6-9(2)17-18)8-14(19)12-5-4-10(15)7-13(12)16/h4-7H,3,8H2,1-2H3. The van der Waals surface area contributed by atoms with Crippen LogP contribution < -0.4 is 0 Å². The zero-order valence-corrected chi connectivity index (χ0v) is 12.4. The number of aryl methyl sites for hydroxylation is 2. The Balaban J connectivity index is 2.25. The molecular formula is C14H14BrFN2O. The second-order valence-electron chi connectivity index (χ2n) is 4.32. The first-order valence-electron chi connectivity index (χ1n) is 6.03. The summed E-state index contributed by atoms with van der Waals surface area (Å²) in [7, 11) is 0. The van der Waals surface area contributed by atoms with Crippen LogP contribution in [-0.2, 0) is 13.0 Å². The Hall–Kier alpha value is -1.49. The zero-order chi connectivity index (χ0) is 14.0. The van der Waals surface area contributed by atoms with Crippen molar-refractivity contribution < 1.29 is 9.18 Å². The lowest BCUT2D eigenvalue weighted by Gasteiger charge is -2.05. The molecule has 1 heterocycles. The molecule has 0 bridgehead atoms. The highest BCUT2D eigenvalue weighted by atomic mass is 79.9. The molecule has 3 nitrogen and oxygen atoms in total. The molecule has 0 atom stereocenters. The number of carbonyl (C=O) groups excluding carboxylic acids is 1. The lowest BCUT2D eigenvalue weighted by molar-refractivity contribution is 0.0986. The first-order chi connectivity index (χ1) is 9.01. The Morgan fingerprint density at radius 1 is 1.42 bits per heavy atom. The molecule has 0 fully saturated rings. The molecular weight excluding hydrogens is 311 g/mol. The van der Waals surface area contributed by atoms with Gasteiger partial charge >= 0.3 is 0 Å². The lowest BCUT2D eigenvalue weighted by Crippen LogP contribution is -2.11. The molecule has 2 aromatic rings. The van der Waals surface area contributed by atoms with Gasteiger partial charge in [-0.25, -0.2) is 4.39 Å². The molecule has 0 aliphatic rings. The summed E-state index contributed by atoms with van der Waals surface area (Å²) in [6.07, 6.45) is 0.160. The smallest absolute Gasteiger partial charge is 0.171 e. The maximum Gasteiger partial charge on any atom is 0.171 e. The van der Waals surface area contributed by atoms with Gasteiger partial charge in [0, 0.05) is 16.7 Å². The number of Topliss-reactive ketones (excluding diaryl/α,β-unsaturated/α-hetero) is 1. The number of carbonyl (C=O) groups is 1. The number of nitrogens with zero attached hydrogens (tertiary/aromatic N) is 2. The van der Waals surface area contributed by atoms with Crippen LogP contribution >= 0.6 is 15.9 Å². The van der Waals surface area contributed by atoms with Gasteiger partial charge in [-0.2, -0.15) is 5.10 Å². The summed E-state index contributed by atoms with van der Waals surface area (Å²) in [6.45, 7) is 4.53. The molecule has 0 N–H and O–H groups in total. The van der Waals surface area contributed by atoms with Crippen LogP contribution in [0.4, 0.5) is 4.39 Å². The molecule has 19 heavy (non-hydrogen) atoms. The maximum atomic E-state index is 13.7. The summed E-state index contributed by atoms with van der Waals surface area (Å²) in [5, 5.41) is 4.28. The fourth-order valence-corrected chi connectivity index (χ4v) is 2.32. The van der Waals surface area contributed by atoms with Gasteiger partial charge in [0.2, 0.25) is 0 Å². The maximum absolute atomic E-state index is 13.7. The molecule has 100 valence electrons. The number of ketones is 1. The number of aromatic nitrogens is 2. The van der Waals surface area contributed by atoms with Gasteiger partial charge in [0.1, 0.15) is 5.82 Å². The Kier molecular flexibility index (Phi) is 4.14. The topological polar surface area (TPSA) is 34.9 Å². The Labute approximate surface area is 119 Å². The number of benzene rings is 1. The van der Waals surface area contributed by atoms with Crippen LogP contribution in [0.5, 0.6) is 0 Å². The van der Waals surface area contributed by atoms with Crippen LogP contribution in [0, 0.1) is 12.7 Å². The molecule has 0 saturated carbocycles. The molecule has 0 spiro atoms. The van der Waals surface area contributed by atoms with Crippen molar-refractivity contribution in [3.8, 4) is 0 Å². The van der Waals surface area contributed by atoms with E-state index in [4.69, 9.17) is 0 Å². The second kappa shape index (κ2) is 5.65. The zero-order valence-electron chi connectivity index (χ0n) is 10.8. The Bertz CT molecular complexity index is 622. The van der Waals surface area contributed by atoms with E-state index in [0.717, 1.165) is 11.4 Å². The van der Waals surface area contributed by atoms with Crippen LogP contribution in [0.15, 0.2) is 28.7 Å². The summed E-state index contributed by atoms with van der Waals surface area (Å²) < 4.78 is 16.1. The summed E-state index contributed by atoms with van der Waals surface area (Å²) in [5.41, 5.74) is 1.79. The molecule has 1 aromatic carbocycles. The normalized spacial score (nSPS) is 10.7. The van der Waals surface area contributed by atoms with Gasteiger partial charge in [0.05, 0.1) is 17.7 Å². The SMILES string of the molecule is CCn1nc(C)cc1CC(=O)c1ccc(Br)cc1F. The van der Waals surface area contributed by atoms with E-state index in [9.17, 15) is 9.18 Å². The van der Waals surface area contributed by atoms with Gasteiger partial charge in [-0.3, -0.25) is 9.48 Å². The number of rotatable bonds is 4. The van der Waals surface area contributed by atoms with E-state index in [2.05, 4.69) is 21.0 Å². The number of hydrogen-bond donors (Lipinski definition) is 0. The van der Waals surface area contributed by atoms with Gasteiger partial charge in [0.15, 0.2) is 5.78 Å². The highest BCUT2D eigenvalue weighted by molar-refractivity contribution is 9.10. The average molecular weight is 325 g/mol. The molecule has 0 radical (unpaired) electrons. The largest absolute Gasteiger partial charge is 0.294 e. The molecule has 0 saturated heterocycles. The number of hydrogen-bond acceptors (Lipinski definition) is 2. The van der Waals surface area contributed by atoms with E-state index in [1.807, 2.05) is 19.9 Å². The lowest BCUT2D eigenvalue weighted by atomic mass is 10.1. The predicted molar refractivity (Wildman–Crippen MR) is 74.8 cm³/mol. The van der Waals surface area contributed by atoms with E-state index < -0.39 is 5.82 Å². The van der Waals surface area contributed by atoms with Crippen LogP contribution in [-0.4, -0.2) is 15.6 Å². The van der Waals surface area contributed by atoms with E-state index in [1.54, 1.807) is 10.7 Å². The van der Waals surface area contributed by atoms with Gasteiger partial charge in [-0.1, -0.05) is 15.9 Å². The molecule has 0 aliphatic carbocycles. The minimum atomic E-state index is -0.501. The molecule has 1 aromatic heterocycles. The van der Waals surface area contributed by atoms with E-state index in [-0.39, 0.29) is 17.8 Å². The first-order valence-corrected chi connectivity index (χ1v) is 6.82. The van der Waals surface area contributed by atoms with Gasteiger partial charge in [-0.05, 0) is 38.1 Å². The van der Waals surface area contributed by atoms with Crippen LogP contribution in [0.25, 0.3) is 0 Å². The van der Waals surface area contributed by atoms with Crippen molar-refractivity contribution in [1.82, 2.24) is 9.78 Å². The Morgan fingerprint density at radius 3 is 2.79 bits per heavy atom. The average Bonchev–Trinajstić information content (AvgIpc) is 2.69. The van der Waals surface area contributed by atoms with Crippen molar-refractivity contribution in [2.24, 2.45) is 0 Å². The third-order valence-electron chi connectivity index (χ3n) is 2.86. The van der Waals surface area contributed by atoms with Crippen molar-refractivity contribution in [2.75, 3.05) is 0 Å². The summed E-state index contributed by atoms with van der Waals surface area (Å²) in [4.78, 5) is 12.1. The number of halogens is 2. The minimum Gasteiger partial charge on any atom is -0.294 e. The monoisotopic (exact) mass is 324 g/mol.